The Bertz CT molecular complexity index is 1050. The number of unbranched alkanes of at least 4 members (excludes halogenated alkanes) is 1. The van der Waals surface area contributed by atoms with Crippen molar-refractivity contribution in [3.8, 4) is 28.6 Å². The van der Waals surface area contributed by atoms with Crippen molar-refractivity contribution in [2.24, 2.45) is 0 Å². The Kier molecular flexibility index (Phi) is 6.21. The molecule has 3 aromatic rings. The molecule has 7 nitrogen and oxygen atoms in total. The zero-order valence-corrected chi connectivity index (χ0v) is 16.7. The van der Waals surface area contributed by atoms with Crippen LogP contribution in [0.25, 0.3) is 22.3 Å². The minimum Gasteiger partial charge on any atom is -0.504 e. The lowest BCUT2D eigenvalue weighted by molar-refractivity contribution is 0.0368. The predicted octanol–water partition coefficient (Wildman–Crippen LogP) is 3.36. The van der Waals surface area contributed by atoms with Crippen LogP contribution >= 0.6 is 0 Å². The van der Waals surface area contributed by atoms with Crippen molar-refractivity contribution in [1.82, 2.24) is 4.90 Å². The van der Waals surface area contributed by atoms with E-state index in [1.54, 1.807) is 12.1 Å². The Labute approximate surface area is 174 Å². The summed E-state index contributed by atoms with van der Waals surface area (Å²) in [4.78, 5) is 14.7. The molecule has 0 saturated carbocycles. The molecule has 1 aromatic heterocycles. The van der Waals surface area contributed by atoms with Gasteiger partial charge in [0.1, 0.15) is 11.5 Å². The second-order valence-electron chi connectivity index (χ2n) is 7.32. The van der Waals surface area contributed by atoms with Gasteiger partial charge in [-0.25, -0.2) is 0 Å². The van der Waals surface area contributed by atoms with Gasteiger partial charge in [0.2, 0.25) is 5.75 Å². The van der Waals surface area contributed by atoms with Crippen LogP contribution in [0.2, 0.25) is 0 Å². The molecule has 1 fully saturated rings. The van der Waals surface area contributed by atoms with Gasteiger partial charge in [-0.3, -0.25) is 9.69 Å². The normalized spacial score (nSPS) is 14.8. The molecular weight excluding hydrogens is 386 g/mol. The maximum absolute atomic E-state index is 12.3. The second-order valence-corrected chi connectivity index (χ2v) is 7.32. The summed E-state index contributed by atoms with van der Waals surface area (Å²) >= 11 is 0. The molecule has 0 amide bonds. The average molecular weight is 411 g/mol. The van der Waals surface area contributed by atoms with Crippen LogP contribution in [0.3, 0.4) is 0 Å². The van der Waals surface area contributed by atoms with Crippen LogP contribution in [0.4, 0.5) is 0 Å². The number of fused-ring (bicyclic) bond motifs is 1. The summed E-state index contributed by atoms with van der Waals surface area (Å²) in [6, 6.07) is 11.3. The molecule has 0 unspecified atom stereocenters. The van der Waals surface area contributed by atoms with E-state index in [9.17, 15) is 15.0 Å². The monoisotopic (exact) mass is 411 g/mol. The van der Waals surface area contributed by atoms with Crippen molar-refractivity contribution in [2.45, 2.75) is 12.8 Å². The molecule has 0 aliphatic carbocycles. The number of hydrogen-bond acceptors (Lipinski definition) is 7. The molecule has 1 aliphatic heterocycles. The standard InChI is InChI=1S/C23H25NO6/c25-19-8-7-18-20(26)15-21(30-23(18)22(19)27)16-3-5-17(6-4-16)29-12-2-1-9-24-10-13-28-14-11-24/h3-8,15,25,27H,1-2,9-14H2. The molecule has 30 heavy (non-hydrogen) atoms. The number of rotatable bonds is 7. The molecule has 2 N–H and O–H groups in total. The molecule has 0 spiro atoms. The first kappa shape index (κ1) is 20.3. The van der Waals surface area contributed by atoms with Crippen LogP contribution in [-0.2, 0) is 4.74 Å². The minimum atomic E-state index is -0.441. The second kappa shape index (κ2) is 9.19. The van der Waals surface area contributed by atoms with Crippen LogP contribution in [0.15, 0.2) is 51.7 Å². The fourth-order valence-electron chi connectivity index (χ4n) is 3.50. The van der Waals surface area contributed by atoms with Gasteiger partial charge in [-0.15, -0.1) is 0 Å². The highest BCUT2D eigenvalue weighted by molar-refractivity contribution is 5.86. The number of aromatic hydroxyl groups is 2. The Balaban J connectivity index is 1.36. The largest absolute Gasteiger partial charge is 0.504 e. The van der Waals surface area contributed by atoms with E-state index < -0.39 is 5.75 Å². The summed E-state index contributed by atoms with van der Waals surface area (Å²) in [6.45, 7) is 5.36. The third kappa shape index (κ3) is 4.58. The van der Waals surface area contributed by atoms with Crippen molar-refractivity contribution in [3.63, 3.8) is 0 Å². The zero-order chi connectivity index (χ0) is 20.9. The summed E-state index contributed by atoms with van der Waals surface area (Å²) in [5, 5.41) is 19.9. The number of phenols is 2. The van der Waals surface area contributed by atoms with Gasteiger partial charge in [0.25, 0.3) is 0 Å². The van der Waals surface area contributed by atoms with Gasteiger partial charge in [-0.1, -0.05) is 0 Å². The topological polar surface area (TPSA) is 92.4 Å². The first-order valence-electron chi connectivity index (χ1n) is 10.1. The molecule has 2 aromatic carbocycles. The third-order valence-corrected chi connectivity index (χ3v) is 5.23. The van der Waals surface area contributed by atoms with Gasteiger partial charge in [0.15, 0.2) is 16.8 Å². The zero-order valence-electron chi connectivity index (χ0n) is 16.7. The van der Waals surface area contributed by atoms with Crippen molar-refractivity contribution in [1.29, 1.82) is 0 Å². The quantitative estimate of drug-likeness (QED) is 0.455. The molecule has 1 saturated heterocycles. The van der Waals surface area contributed by atoms with E-state index >= 15 is 0 Å². The van der Waals surface area contributed by atoms with Crippen molar-refractivity contribution in [3.05, 3.63) is 52.7 Å². The SMILES string of the molecule is O=c1cc(-c2ccc(OCCCCN3CCOCC3)cc2)oc2c(O)c(O)ccc12. The van der Waals surface area contributed by atoms with Gasteiger partial charge < -0.3 is 24.1 Å². The molecule has 4 rings (SSSR count). The van der Waals surface area contributed by atoms with Crippen LogP contribution in [0, 0.1) is 0 Å². The van der Waals surface area contributed by atoms with Gasteiger partial charge >= 0.3 is 0 Å². The van der Waals surface area contributed by atoms with Gasteiger partial charge in [0.05, 0.1) is 25.2 Å². The highest BCUT2D eigenvalue weighted by Crippen LogP contribution is 2.34. The van der Waals surface area contributed by atoms with E-state index in [0.29, 0.717) is 17.9 Å². The highest BCUT2D eigenvalue weighted by Gasteiger charge is 2.13. The van der Waals surface area contributed by atoms with Crippen LogP contribution < -0.4 is 10.2 Å². The van der Waals surface area contributed by atoms with Gasteiger partial charge in [-0.2, -0.15) is 0 Å². The highest BCUT2D eigenvalue weighted by atomic mass is 16.5. The number of nitrogens with zero attached hydrogens (tertiary/aromatic N) is 1. The number of phenolic OH excluding ortho intramolecular Hbond substituents is 2. The average Bonchev–Trinajstić information content (AvgIpc) is 2.77. The number of ether oxygens (including phenoxy) is 2. The molecule has 7 heteroatoms. The van der Waals surface area contributed by atoms with Crippen molar-refractivity contribution < 1.29 is 24.1 Å². The van der Waals surface area contributed by atoms with E-state index in [2.05, 4.69) is 4.90 Å². The molecule has 0 atom stereocenters. The summed E-state index contributed by atoms with van der Waals surface area (Å²) < 4.78 is 16.8. The molecule has 0 radical (unpaired) electrons. The van der Waals surface area contributed by atoms with E-state index in [1.165, 1.54) is 18.2 Å². The smallest absolute Gasteiger partial charge is 0.201 e. The fourth-order valence-corrected chi connectivity index (χ4v) is 3.50. The maximum atomic E-state index is 12.3. The molecule has 158 valence electrons. The Morgan fingerprint density at radius 3 is 2.53 bits per heavy atom. The van der Waals surface area contributed by atoms with Crippen LogP contribution in [0.1, 0.15) is 12.8 Å². The van der Waals surface area contributed by atoms with Crippen molar-refractivity contribution >= 4 is 11.0 Å². The number of morpholine rings is 1. The van der Waals surface area contributed by atoms with E-state index in [0.717, 1.165) is 51.4 Å². The fraction of sp³-hybridized carbons (Fsp3) is 0.348. The molecular formula is C23H25NO6. The third-order valence-electron chi connectivity index (χ3n) is 5.23. The van der Waals surface area contributed by atoms with E-state index in [4.69, 9.17) is 13.9 Å². The molecule has 0 bridgehead atoms. The summed E-state index contributed by atoms with van der Waals surface area (Å²) in [5.41, 5.74) is 0.358. The minimum absolute atomic E-state index is 0.0295. The van der Waals surface area contributed by atoms with Crippen LogP contribution in [0.5, 0.6) is 17.2 Å². The first-order chi connectivity index (χ1) is 14.6. The first-order valence-corrected chi connectivity index (χ1v) is 10.1. The maximum Gasteiger partial charge on any atom is 0.201 e. The van der Waals surface area contributed by atoms with Gasteiger partial charge in [-0.05, 0) is 55.8 Å². The lowest BCUT2D eigenvalue weighted by atomic mass is 10.1. The van der Waals surface area contributed by atoms with Crippen molar-refractivity contribution in [2.75, 3.05) is 39.5 Å². The van der Waals surface area contributed by atoms with Crippen LogP contribution in [-0.4, -0.2) is 54.6 Å². The Morgan fingerprint density at radius 2 is 1.77 bits per heavy atom. The summed E-state index contributed by atoms with van der Waals surface area (Å²) in [6.07, 6.45) is 2.05. The number of hydrogen-bond donors (Lipinski definition) is 2. The predicted molar refractivity (Wildman–Crippen MR) is 113 cm³/mol. The molecule has 1 aliphatic rings. The Hall–Kier alpha value is -3.03. The van der Waals surface area contributed by atoms with E-state index in [1.807, 2.05) is 12.1 Å². The lowest BCUT2D eigenvalue weighted by Gasteiger charge is -2.26. The summed E-state index contributed by atoms with van der Waals surface area (Å²) in [7, 11) is 0. The van der Waals surface area contributed by atoms with Gasteiger partial charge in [0, 0.05) is 24.7 Å². The summed E-state index contributed by atoms with van der Waals surface area (Å²) in [5.74, 6) is 0.280. The van der Waals surface area contributed by atoms with E-state index in [-0.39, 0.29) is 22.1 Å². The lowest BCUT2D eigenvalue weighted by Crippen LogP contribution is -2.36. The number of benzene rings is 2. The Morgan fingerprint density at radius 1 is 1.00 bits per heavy atom. The molecule has 2 heterocycles.